The summed E-state index contributed by atoms with van der Waals surface area (Å²) in [5.74, 6) is -0.512. The van der Waals surface area contributed by atoms with Gasteiger partial charge in [-0.1, -0.05) is 12.1 Å². The fourth-order valence-electron chi connectivity index (χ4n) is 2.60. The van der Waals surface area contributed by atoms with E-state index in [1.807, 2.05) is 6.07 Å². The molecule has 6 nitrogen and oxygen atoms in total. The predicted molar refractivity (Wildman–Crippen MR) is 107 cm³/mol. The molecule has 0 aromatic heterocycles. The van der Waals surface area contributed by atoms with E-state index in [0.29, 0.717) is 5.56 Å². The van der Waals surface area contributed by atoms with Crippen molar-refractivity contribution >= 4 is 21.6 Å². The molecule has 0 fully saturated rings. The highest BCUT2D eigenvalue weighted by molar-refractivity contribution is 7.92. The van der Waals surface area contributed by atoms with Crippen molar-refractivity contribution in [1.29, 1.82) is 0 Å². The van der Waals surface area contributed by atoms with E-state index in [9.17, 15) is 26.4 Å². The average molecular weight is 444 g/mol. The van der Waals surface area contributed by atoms with Gasteiger partial charge >= 0.3 is 6.18 Å². The summed E-state index contributed by atoms with van der Waals surface area (Å²) in [6.45, 7) is 3.32. The number of nitrogens with one attached hydrogen (secondary N) is 2. The smallest absolute Gasteiger partial charge is 0.370 e. The topological polar surface area (TPSA) is 84.5 Å². The van der Waals surface area contributed by atoms with Gasteiger partial charge < -0.3 is 10.1 Å². The quantitative estimate of drug-likeness (QED) is 0.649. The number of rotatable bonds is 8. The molecule has 1 amide bonds. The highest BCUT2D eigenvalue weighted by Crippen LogP contribution is 2.21. The van der Waals surface area contributed by atoms with Gasteiger partial charge in [-0.3, -0.25) is 9.52 Å². The minimum atomic E-state index is -4.43. The highest BCUT2D eigenvalue weighted by atomic mass is 32.2. The second kappa shape index (κ2) is 9.48. The maximum absolute atomic E-state index is 12.6. The number of carbonyl (C=O) groups is 1. The Morgan fingerprint density at radius 2 is 1.73 bits per heavy atom. The summed E-state index contributed by atoms with van der Waals surface area (Å²) in [6.07, 6.45) is -4.43. The van der Waals surface area contributed by atoms with E-state index >= 15 is 0 Å². The van der Waals surface area contributed by atoms with E-state index in [1.165, 1.54) is 31.2 Å². The number of alkyl halides is 3. The van der Waals surface area contributed by atoms with Gasteiger partial charge in [-0.15, -0.1) is 0 Å². The van der Waals surface area contributed by atoms with Crippen LogP contribution in [0.15, 0.2) is 47.4 Å². The number of ether oxygens (including phenoxy) is 1. The fourth-order valence-corrected chi connectivity index (χ4v) is 3.99. The van der Waals surface area contributed by atoms with Gasteiger partial charge in [-0.05, 0) is 62.2 Å². The first kappa shape index (κ1) is 23.7. The van der Waals surface area contributed by atoms with Gasteiger partial charge in [-0.25, -0.2) is 8.42 Å². The summed E-state index contributed by atoms with van der Waals surface area (Å²) in [6, 6.07) is 10.2. The van der Waals surface area contributed by atoms with E-state index in [1.54, 1.807) is 26.0 Å². The Hall–Kier alpha value is -2.59. The van der Waals surface area contributed by atoms with E-state index in [0.717, 1.165) is 5.56 Å². The summed E-state index contributed by atoms with van der Waals surface area (Å²) in [7, 11) is -3.80. The number of sulfonamides is 1. The van der Waals surface area contributed by atoms with Gasteiger partial charge in [0.25, 0.3) is 15.9 Å². The molecule has 0 heterocycles. The Morgan fingerprint density at radius 3 is 2.33 bits per heavy atom. The Bertz CT molecular complexity index is 990. The highest BCUT2D eigenvalue weighted by Gasteiger charge is 2.27. The zero-order chi connectivity index (χ0) is 22.5. The van der Waals surface area contributed by atoms with Crippen LogP contribution >= 0.6 is 0 Å². The molecule has 0 aliphatic rings. The normalized spacial score (nSPS) is 13.0. The molecule has 1 unspecified atom stereocenters. The van der Waals surface area contributed by atoms with Crippen molar-refractivity contribution in [2.45, 2.75) is 37.9 Å². The standard InChI is InChI=1S/C20H23F3N2O4S/c1-13-4-5-14(2)18(10-13)30(27,28)25-17-8-6-16(7-9-17)19(26)24-15(3)11-29-12-20(21,22)23/h4-10,15,25H,11-12H2,1-3H3,(H,24,26). The van der Waals surface area contributed by atoms with Crippen LogP contribution in [-0.2, 0) is 14.8 Å². The van der Waals surface area contributed by atoms with Gasteiger partial charge in [0.15, 0.2) is 0 Å². The molecule has 2 N–H and O–H groups in total. The molecule has 0 aliphatic heterocycles. The van der Waals surface area contributed by atoms with E-state index in [-0.39, 0.29) is 22.8 Å². The first-order chi connectivity index (χ1) is 13.9. The molecule has 1 atom stereocenters. The molecule has 0 saturated carbocycles. The fraction of sp³-hybridized carbons (Fsp3) is 0.350. The molecule has 0 saturated heterocycles. The second-order valence-electron chi connectivity index (χ2n) is 6.96. The summed E-state index contributed by atoms with van der Waals surface area (Å²) in [5.41, 5.74) is 1.91. The number of aryl methyl sites for hydroxylation is 2. The Balaban J connectivity index is 1.99. The van der Waals surface area contributed by atoms with E-state index < -0.39 is 34.8 Å². The number of hydrogen-bond donors (Lipinski definition) is 2. The number of benzene rings is 2. The second-order valence-corrected chi connectivity index (χ2v) is 8.61. The lowest BCUT2D eigenvalue weighted by Gasteiger charge is -2.15. The number of carbonyl (C=O) groups excluding carboxylic acids is 1. The van der Waals surface area contributed by atoms with Crippen LogP contribution in [-0.4, -0.2) is 39.8 Å². The van der Waals surface area contributed by atoms with Crippen LogP contribution in [0.4, 0.5) is 18.9 Å². The van der Waals surface area contributed by atoms with E-state index in [4.69, 9.17) is 0 Å². The lowest BCUT2D eigenvalue weighted by Crippen LogP contribution is -2.36. The number of amides is 1. The Morgan fingerprint density at radius 1 is 1.10 bits per heavy atom. The Kier molecular flexibility index (Phi) is 7.49. The van der Waals surface area contributed by atoms with Crippen LogP contribution in [0, 0.1) is 13.8 Å². The van der Waals surface area contributed by atoms with Crippen LogP contribution in [0.2, 0.25) is 0 Å². The average Bonchev–Trinajstić information content (AvgIpc) is 2.62. The molecule has 2 aromatic rings. The molecular formula is C20H23F3N2O4S. The molecule has 0 bridgehead atoms. The summed E-state index contributed by atoms with van der Waals surface area (Å²) in [4.78, 5) is 12.4. The molecular weight excluding hydrogens is 421 g/mol. The summed E-state index contributed by atoms with van der Waals surface area (Å²) >= 11 is 0. The first-order valence-corrected chi connectivity index (χ1v) is 10.5. The van der Waals surface area contributed by atoms with Crippen LogP contribution in [0.25, 0.3) is 0 Å². The molecule has 0 radical (unpaired) electrons. The third-order valence-electron chi connectivity index (χ3n) is 4.04. The van der Waals surface area contributed by atoms with Crippen LogP contribution in [0.5, 0.6) is 0 Å². The monoisotopic (exact) mass is 444 g/mol. The maximum atomic E-state index is 12.6. The van der Waals surface area contributed by atoms with Gasteiger partial charge in [0, 0.05) is 17.3 Å². The zero-order valence-corrected chi connectivity index (χ0v) is 17.5. The van der Waals surface area contributed by atoms with Crippen LogP contribution in [0.3, 0.4) is 0 Å². The van der Waals surface area contributed by atoms with Crippen LogP contribution < -0.4 is 10.0 Å². The van der Waals surface area contributed by atoms with Crippen molar-refractivity contribution in [3.63, 3.8) is 0 Å². The Labute approximate surface area is 173 Å². The predicted octanol–water partition coefficient (Wildman–Crippen LogP) is 3.80. The zero-order valence-electron chi connectivity index (χ0n) is 16.7. The molecule has 0 aliphatic carbocycles. The molecule has 2 rings (SSSR count). The van der Waals surface area contributed by atoms with Crippen molar-refractivity contribution in [1.82, 2.24) is 5.32 Å². The van der Waals surface area contributed by atoms with E-state index in [2.05, 4.69) is 14.8 Å². The molecule has 164 valence electrons. The largest absolute Gasteiger partial charge is 0.411 e. The van der Waals surface area contributed by atoms with Crippen molar-refractivity contribution in [2.75, 3.05) is 17.9 Å². The molecule has 2 aromatic carbocycles. The lowest BCUT2D eigenvalue weighted by molar-refractivity contribution is -0.174. The van der Waals surface area contributed by atoms with Crippen molar-refractivity contribution < 1.29 is 31.1 Å². The summed E-state index contributed by atoms with van der Waals surface area (Å²) in [5, 5.41) is 2.52. The minimum absolute atomic E-state index is 0.164. The third-order valence-corrected chi connectivity index (χ3v) is 5.57. The molecule has 10 heteroatoms. The van der Waals surface area contributed by atoms with Gasteiger partial charge in [0.2, 0.25) is 0 Å². The maximum Gasteiger partial charge on any atom is 0.411 e. The lowest BCUT2D eigenvalue weighted by atomic mass is 10.2. The molecule has 0 spiro atoms. The van der Waals surface area contributed by atoms with Crippen LogP contribution in [0.1, 0.15) is 28.4 Å². The molecule has 30 heavy (non-hydrogen) atoms. The van der Waals surface area contributed by atoms with Crippen molar-refractivity contribution in [3.05, 3.63) is 59.2 Å². The SMILES string of the molecule is Cc1ccc(C)c(S(=O)(=O)Nc2ccc(C(=O)NC(C)COCC(F)(F)F)cc2)c1. The third kappa shape index (κ3) is 7.03. The van der Waals surface area contributed by atoms with Gasteiger partial charge in [-0.2, -0.15) is 13.2 Å². The number of anilines is 1. The minimum Gasteiger partial charge on any atom is -0.370 e. The van der Waals surface area contributed by atoms with Gasteiger partial charge in [0.1, 0.15) is 6.61 Å². The van der Waals surface area contributed by atoms with Crippen molar-refractivity contribution in [3.8, 4) is 0 Å². The summed E-state index contributed by atoms with van der Waals surface area (Å²) < 4.78 is 68.5. The number of halogens is 3. The first-order valence-electron chi connectivity index (χ1n) is 9.03. The van der Waals surface area contributed by atoms with Gasteiger partial charge in [0.05, 0.1) is 11.5 Å². The number of hydrogen-bond acceptors (Lipinski definition) is 4. The van der Waals surface area contributed by atoms with Crippen molar-refractivity contribution in [2.24, 2.45) is 0 Å².